The second-order valence-corrected chi connectivity index (χ2v) is 16.5. The van der Waals surface area contributed by atoms with Crippen molar-refractivity contribution < 1.29 is 63.5 Å². The highest BCUT2D eigenvalue weighted by Gasteiger charge is 2.53. The van der Waals surface area contributed by atoms with Crippen LogP contribution in [0.3, 0.4) is 0 Å². The summed E-state index contributed by atoms with van der Waals surface area (Å²) in [6, 6.07) is -0.324. The van der Waals surface area contributed by atoms with Gasteiger partial charge in [0.2, 0.25) is 0 Å². The van der Waals surface area contributed by atoms with Gasteiger partial charge in [-0.15, -0.1) is 12.4 Å². The van der Waals surface area contributed by atoms with Gasteiger partial charge in [0, 0.05) is 37.3 Å². The molecule has 5 N–H and O–H groups in total. The lowest BCUT2D eigenvalue weighted by Gasteiger charge is -2.49. The lowest BCUT2D eigenvalue weighted by molar-refractivity contribution is -0.318. The first kappa shape index (κ1) is 47.1. The zero-order valence-corrected chi connectivity index (χ0v) is 34.2. The van der Waals surface area contributed by atoms with E-state index in [1.165, 1.54) is 27.9 Å². The number of halogens is 1. The summed E-state index contributed by atoms with van der Waals surface area (Å²) in [6.45, 7) is 16.3. The maximum atomic E-state index is 14.1. The zero-order valence-electron chi connectivity index (χ0n) is 33.3. The average Bonchev–Trinajstić information content (AvgIpc) is 3.05. The van der Waals surface area contributed by atoms with Crippen molar-refractivity contribution in [1.29, 1.82) is 0 Å². The Morgan fingerprint density at radius 1 is 0.885 bits per heavy atom. The summed E-state index contributed by atoms with van der Waals surface area (Å²) >= 11 is 0. The summed E-state index contributed by atoms with van der Waals surface area (Å²) < 4.78 is 37.1. The molecule has 0 aromatic rings. The van der Waals surface area contributed by atoms with Gasteiger partial charge in [0.15, 0.2) is 12.6 Å². The van der Waals surface area contributed by atoms with E-state index in [0.717, 1.165) is 0 Å². The van der Waals surface area contributed by atoms with E-state index in [1.807, 2.05) is 25.9 Å². The van der Waals surface area contributed by atoms with Crippen molar-refractivity contribution in [2.45, 2.75) is 179 Å². The Hall–Kier alpha value is -1.01. The number of aliphatic hydroxyl groups is 5. The van der Waals surface area contributed by atoms with Crippen molar-refractivity contribution in [3.05, 3.63) is 0 Å². The van der Waals surface area contributed by atoms with Gasteiger partial charge < -0.3 is 58.9 Å². The Bertz CT molecular complexity index is 1170. The molecular formula is C37H68ClNO13. The topological polar surface area (TPSA) is 194 Å². The molecule has 0 aliphatic carbocycles. The average molecular weight is 770 g/mol. The molecule has 52 heavy (non-hydrogen) atoms. The van der Waals surface area contributed by atoms with Gasteiger partial charge in [-0.3, -0.25) is 9.59 Å². The Balaban J connectivity index is 0.00000936. The normalized spacial score (nSPS) is 48.8. The molecular weight excluding hydrogens is 702 g/mol. The second-order valence-electron chi connectivity index (χ2n) is 16.5. The van der Waals surface area contributed by atoms with Crippen LogP contribution in [0.2, 0.25) is 0 Å². The number of carbonyl (C=O) groups excluding carboxylic acids is 2. The molecule has 18 atom stereocenters. The van der Waals surface area contributed by atoms with Crippen LogP contribution in [0.15, 0.2) is 0 Å². The van der Waals surface area contributed by atoms with Crippen LogP contribution in [-0.4, -0.2) is 148 Å². The molecule has 0 saturated carbocycles. The number of nitrogens with zero attached hydrogens (tertiary/aromatic N) is 1. The van der Waals surface area contributed by atoms with Gasteiger partial charge in [0.25, 0.3) is 0 Å². The maximum Gasteiger partial charge on any atom is 0.311 e. The number of aliphatic hydroxyl groups excluding tert-OH is 3. The van der Waals surface area contributed by atoms with E-state index in [4.69, 9.17) is 28.4 Å². The molecule has 15 heteroatoms. The monoisotopic (exact) mass is 769 g/mol. The molecule has 0 bridgehead atoms. The van der Waals surface area contributed by atoms with Crippen LogP contribution in [-0.2, 0) is 38.0 Å². The Morgan fingerprint density at radius 2 is 1.48 bits per heavy atom. The minimum atomic E-state index is -1.99. The quantitative estimate of drug-likeness (QED) is 0.237. The lowest BCUT2D eigenvalue weighted by atomic mass is 9.74. The van der Waals surface area contributed by atoms with Crippen LogP contribution in [0.25, 0.3) is 0 Å². The van der Waals surface area contributed by atoms with Gasteiger partial charge in [0.05, 0.1) is 47.6 Å². The summed E-state index contributed by atoms with van der Waals surface area (Å²) in [5.41, 5.74) is -4.84. The van der Waals surface area contributed by atoms with Gasteiger partial charge in [-0.25, -0.2) is 0 Å². The van der Waals surface area contributed by atoms with Crippen molar-refractivity contribution in [3.63, 3.8) is 0 Å². The minimum absolute atomic E-state index is 0. The minimum Gasteiger partial charge on any atom is -0.459 e. The van der Waals surface area contributed by atoms with Gasteiger partial charge in [-0.2, -0.15) is 0 Å². The van der Waals surface area contributed by atoms with Crippen molar-refractivity contribution >= 4 is 24.2 Å². The molecule has 0 radical (unpaired) electrons. The fourth-order valence-electron chi connectivity index (χ4n) is 8.41. The zero-order chi connectivity index (χ0) is 39.0. The highest BCUT2D eigenvalue weighted by Crippen LogP contribution is 2.40. The molecule has 306 valence electrons. The SMILES string of the molecule is CCC1OC(=O)[C@H](C)C(O[C@H]2C[C@@](C)(OC)[C@@H](O)[C@H](C)O2)[C@H](C)[C@@H](O[C@@H]2O[C@H](C)C[C@H](N(C)C)[C@H]2O)[C@](C)(O)C[C@@H](C)C(=O)[C@H](C)[C@@H](O)[C@]1(C)O.Cl. The van der Waals surface area contributed by atoms with Crippen LogP contribution >= 0.6 is 12.4 Å². The number of ether oxygens (including phenoxy) is 6. The summed E-state index contributed by atoms with van der Waals surface area (Å²) in [6.07, 6.45) is -9.71. The van der Waals surface area contributed by atoms with E-state index in [9.17, 15) is 35.1 Å². The van der Waals surface area contributed by atoms with E-state index in [2.05, 4.69) is 0 Å². The highest BCUT2D eigenvalue weighted by atomic mass is 35.5. The summed E-state index contributed by atoms with van der Waals surface area (Å²) in [7, 11) is 5.18. The fourth-order valence-corrected chi connectivity index (χ4v) is 8.41. The van der Waals surface area contributed by atoms with Crippen LogP contribution in [0.1, 0.15) is 94.9 Å². The van der Waals surface area contributed by atoms with Gasteiger partial charge in [0.1, 0.15) is 29.7 Å². The van der Waals surface area contributed by atoms with Gasteiger partial charge in [-0.05, 0) is 74.9 Å². The molecule has 2 unspecified atom stereocenters. The second kappa shape index (κ2) is 18.3. The largest absolute Gasteiger partial charge is 0.459 e. The molecule has 3 aliphatic rings. The predicted octanol–water partition coefficient (Wildman–Crippen LogP) is 2.21. The number of carbonyl (C=O) groups is 2. The molecule has 14 nitrogen and oxygen atoms in total. The van der Waals surface area contributed by atoms with Crippen LogP contribution in [0.4, 0.5) is 0 Å². The number of esters is 1. The highest BCUT2D eigenvalue weighted by molar-refractivity contribution is 5.85. The standard InChI is InChI=1S/C37H67NO13.ClH/c1-14-25-37(10,45)30(41)20(4)27(39)18(2)16-35(8,44)32(51-34-28(40)24(38(11)12)15-19(3)47-34)21(5)29(22(6)33(43)49-25)50-26-17-36(9,46-13)31(42)23(7)48-26;/h18-26,28-32,34,40-42,44-45H,14-17H2,1-13H3;1H/t18-,19-,20+,21+,22-,23+,24+,25?,26+,28-,29?,30-,31+,32-,34+,35-,36-,37-;/m1./s1. The molecule has 0 amide bonds. The Morgan fingerprint density at radius 3 is 2.02 bits per heavy atom. The van der Waals surface area contributed by atoms with E-state index in [0.29, 0.717) is 6.42 Å². The van der Waals surface area contributed by atoms with Gasteiger partial charge in [-0.1, -0.05) is 27.7 Å². The Kier molecular flexibility index (Phi) is 16.6. The number of hydrogen-bond acceptors (Lipinski definition) is 14. The van der Waals surface area contributed by atoms with E-state index < -0.39 is 108 Å². The lowest BCUT2D eigenvalue weighted by Crippen LogP contribution is -2.61. The molecule has 0 aromatic heterocycles. The first-order chi connectivity index (χ1) is 23.4. The number of hydrogen-bond donors (Lipinski definition) is 5. The molecule has 0 spiro atoms. The maximum absolute atomic E-state index is 14.1. The molecule has 3 heterocycles. The molecule has 3 rings (SSSR count). The summed E-state index contributed by atoms with van der Waals surface area (Å²) in [4.78, 5) is 29.8. The van der Waals surface area contributed by atoms with Crippen molar-refractivity contribution in [3.8, 4) is 0 Å². The summed E-state index contributed by atoms with van der Waals surface area (Å²) in [5, 5.41) is 57.6. The van der Waals surface area contributed by atoms with Crippen LogP contribution in [0.5, 0.6) is 0 Å². The number of likely N-dealkylation sites (N-methyl/N-ethyl adjacent to an activating group) is 1. The van der Waals surface area contributed by atoms with Gasteiger partial charge >= 0.3 is 5.97 Å². The number of ketones is 1. The number of cyclic esters (lactones) is 1. The van der Waals surface area contributed by atoms with Crippen molar-refractivity contribution in [1.82, 2.24) is 4.90 Å². The Labute approximate surface area is 316 Å². The van der Waals surface area contributed by atoms with E-state index in [-0.39, 0.29) is 43.8 Å². The van der Waals surface area contributed by atoms with Crippen LogP contribution in [0, 0.1) is 23.7 Å². The third-order valence-electron chi connectivity index (χ3n) is 11.8. The first-order valence-corrected chi connectivity index (χ1v) is 18.5. The molecule has 3 aliphatic heterocycles. The van der Waals surface area contributed by atoms with E-state index in [1.54, 1.807) is 41.5 Å². The third-order valence-corrected chi connectivity index (χ3v) is 11.8. The third kappa shape index (κ3) is 10.0. The molecule has 3 saturated heterocycles. The molecule has 0 aromatic carbocycles. The van der Waals surface area contributed by atoms with E-state index >= 15 is 0 Å². The van der Waals surface area contributed by atoms with Crippen molar-refractivity contribution in [2.24, 2.45) is 23.7 Å². The number of Topliss-reactive ketones (excluding diaryl/α,β-unsaturated/α-hetero) is 1. The number of rotatable bonds is 7. The number of methoxy groups -OCH3 is 1. The molecule has 3 fully saturated rings. The first-order valence-electron chi connectivity index (χ1n) is 18.5. The summed E-state index contributed by atoms with van der Waals surface area (Å²) in [5.74, 6) is -4.98. The fraction of sp³-hybridized carbons (Fsp3) is 0.946. The smallest absolute Gasteiger partial charge is 0.311 e. The van der Waals surface area contributed by atoms with Crippen LogP contribution < -0.4 is 0 Å². The van der Waals surface area contributed by atoms with Crippen molar-refractivity contribution in [2.75, 3.05) is 21.2 Å². The predicted molar refractivity (Wildman–Crippen MR) is 194 cm³/mol.